The van der Waals surface area contributed by atoms with Gasteiger partial charge in [-0.2, -0.15) is 0 Å². The summed E-state index contributed by atoms with van der Waals surface area (Å²) in [7, 11) is 3.70. The second-order valence-electron chi connectivity index (χ2n) is 4.87. The molecule has 0 amide bonds. The average Bonchev–Trinajstić information content (AvgIpc) is 2.50. The van der Waals surface area contributed by atoms with Crippen molar-refractivity contribution in [3.8, 4) is 0 Å². The van der Waals surface area contributed by atoms with Gasteiger partial charge in [0.2, 0.25) is 0 Å². The van der Waals surface area contributed by atoms with Crippen LogP contribution in [0.2, 0.25) is 5.02 Å². The smallest absolute Gasteiger partial charge is 0.0585 e. The molecule has 112 valence electrons. The highest BCUT2D eigenvalue weighted by atomic mass is 127. The minimum atomic E-state index is 0.145. The van der Waals surface area contributed by atoms with Gasteiger partial charge in [-0.05, 0) is 70.9 Å². The topological polar surface area (TPSA) is 21.3 Å². The van der Waals surface area contributed by atoms with Crippen LogP contribution in [0.25, 0.3) is 0 Å². The monoisotopic (exact) mass is 415 g/mol. The van der Waals surface area contributed by atoms with E-state index >= 15 is 0 Å². The van der Waals surface area contributed by atoms with Gasteiger partial charge in [-0.1, -0.05) is 35.9 Å². The largest absolute Gasteiger partial charge is 0.384 e. The lowest BCUT2D eigenvalue weighted by molar-refractivity contribution is 0.202. The zero-order valence-electron chi connectivity index (χ0n) is 12.2. The Morgan fingerprint density at radius 3 is 2.52 bits per heavy atom. The van der Waals surface area contributed by atoms with Crippen LogP contribution >= 0.6 is 34.2 Å². The minimum Gasteiger partial charge on any atom is -0.384 e. The Morgan fingerprint density at radius 1 is 1.19 bits per heavy atom. The van der Waals surface area contributed by atoms with Crippen LogP contribution in [0, 0.1) is 3.57 Å². The lowest BCUT2D eigenvalue weighted by Gasteiger charge is -2.19. The van der Waals surface area contributed by atoms with Gasteiger partial charge in [-0.15, -0.1) is 0 Å². The van der Waals surface area contributed by atoms with Crippen LogP contribution in [0.5, 0.6) is 0 Å². The number of hydrogen-bond donors (Lipinski definition) is 1. The average molecular weight is 416 g/mol. The van der Waals surface area contributed by atoms with Crippen molar-refractivity contribution in [3.05, 3.63) is 67.7 Å². The van der Waals surface area contributed by atoms with Crippen LogP contribution < -0.4 is 5.32 Å². The van der Waals surface area contributed by atoms with E-state index in [2.05, 4.69) is 58.2 Å². The molecule has 0 aliphatic heterocycles. The summed E-state index contributed by atoms with van der Waals surface area (Å²) in [6.45, 7) is 0.751. The van der Waals surface area contributed by atoms with E-state index < -0.39 is 0 Å². The number of ether oxygens (including phenoxy) is 1. The van der Waals surface area contributed by atoms with Gasteiger partial charge in [0.25, 0.3) is 0 Å². The number of benzene rings is 2. The summed E-state index contributed by atoms with van der Waals surface area (Å²) in [5.41, 5.74) is 3.73. The first kappa shape index (κ1) is 16.7. The minimum absolute atomic E-state index is 0.145. The Balaban J connectivity index is 2.26. The van der Waals surface area contributed by atoms with Crippen molar-refractivity contribution in [2.45, 2.75) is 12.5 Å². The van der Waals surface area contributed by atoms with Gasteiger partial charge >= 0.3 is 0 Å². The molecular formula is C17H19ClINO. The van der Waals surface area contributed by atoms with Crippen molar-refractivity contribution in [2.24, 2.45) is 0 Å². The van der Waals surface area contributed by atoms with E-state index in [9.17, 15) is 0 Å². The maximum Gasteiger partial charge on any atom is 0.0585 e. The highest BCUT2D eigenvalue weighted by Crippen LogP contribution is 2.28. The molecule has 2 aromatic rings. The Hall–Kier alpha value is -0.620. The van der Waals surface area contributed by atoms with Crippen molar-refractivity contribution in [1.82, 2.24) is 5.32 Å². The summed E-state index contributed by atoms with van der Waals surface area (Å²) >= 11 is 8.49. The first-order valence-electron chi connectivity index (χ1n) is 6.85. The molecule has 0 aromatic heterocycles. The van der Waals surface area contributed by atoms with Gasteiger partial charge in [0, 0.05) is 15.7 Å². The number of methoxy groups -OCH3 is 1. The molecule has 0 saturated carbocycles. The molecule has 21 heavy (non-hydrogen) atoms. The van der Waals surface area contributed by atoms with Crippen molar-refractivity contribution in [1.29, 1.82) is 0 Å². The van der Waals surface area contributed by atoms with E-state index in [1.165, 1.54) is 20.3 Å². The fraction of sp³-hybridized carbons (Fsp3) is 0.294. The molecule has 0 aliphatic carbocycles. The molecule has 4 heteroatoms. The molecule has 0 aliphatic rings. The third-order valence-corrected chi connectivity index (χ3v) is 4.68. The van der Waals surface area contributed by atoms with E-state index in [4.69, 9.17) is 16.3 Å². The molecule has 0 bridgehead atoms. The molecular weight excluding hydrogens is 397 g/mol. The number of hydrogen-bond acceptors (Lipinski definition) is 2. The molecule has 1 N–H and O–H groups in total. The Morgan fingerprint density at radius 2 is 1.90 bits per heavy atom. The Labute approximate surface area is 145 Å². The molecule has 1 unspecified atom stereocenters. The van der Waals surface area contributed by atoms with E-state index in [0.717, 1.165) is 18.1 Å². The van der Waals surface area contributed by atoms with E-state index in [1.54, 1.807) is 7.11 Å². The molecule has 0 radical (unpaired) electrons. The fourth-order valence-electron chi connectivity index (χ4n) is 2.33. The number of nitrogens with one attached hydrogen (secondary N) is 1. The summed E-state index contributed by atoms with van der Waals surface area (Å²) in [6.07, 6.45) is 0.940. The summed E-state index contributed by atoms with van der Waals surface area (Å²) < 4.78 is 6.32. The summed E-state index contributed by atoms with van der Waals surface area (Å²) in [4.78, 5) is 0. The van der Waals surface area contributed by atoms with Crippen molar-refractivity contribution < 1.29 is 4.74 Å². The second kappa shape index (κ2) is 8.13. The van der Waals surface area contributed by atoms with Crippen LogP contribution in [0.4, 0.5) is 0 Å². The normalized spacial score (nSPS) is 12.4. The third-order valence-electron chi connectivity index (χ3n) is 3.47. The zero-order valence-corrected chi connectivity index (χ0v) is 15.1. The van der Waals surface area contributed by atoms with Crippen LogP contribution in [0.1, 0.15) is 22.7 Å². The van der Waals surface area contributed by atoms with Crippen LogP contribution in [-0.2, 0) is 11.2 Å². The van der Waals surface area contributed by atoms with Gasteiger partial charge in [0.1, 0.15) is 0 Å². The number of rotatable bonds is 6. The lowest BCUT2D eigenvalue weighted by atomic mass is 9.97. The summed E-state index contributed by atoms with van der Waals surface area (Å²) in [6, 6.07) is 14.8. The molecule has 0 fully saturated rings. The van der Waals surface area contributed by atoms with Gasteiger partial charge < -0.3 is 10.1 Å². The first-order valence-corrected chi connectivity index (χ1v) is 8.31. The van der Waals surface area contributed by atoms with Gasteiger partial charge in [0.15, 0.2) is 0 Å². The summed E-state index contributed by atoms with van der Waals surface area (Å²) in [5, 5.41) is 4.14. The standard InChI is InChI=1S/C17H19ClINO/c1-20-17(15-11-14(18)7-8-16(15)19)13-5-3-12(4-6-13)9-10-21-2/h3-8,11,17,20H,9-10H2,1-2H3. The molecule has 2 nitrogen and oxygen atoms in total. The molecule has 0 saturated heterocycles. The highest BCUT2D eigenvalue weighted by Gasteiger charge is 2.15. The predicted octanol–water partition coefficient (Wildman–Crippen LogP) is 4.44. The van der Waals surface area contributed by atoms with Crippen molar-refractivity contribution in [3.63, 3.8) is 0 Å². The SMILES string of the molecule is CNC(c1ccc(CCOC)cc1)c1cc(Cl)ccc1I. The predicted molar refractivity (Wildman–Crippen MR) is 97.1 cm³/mol. The maximum atomic E-state index is 6.14. The van der Waals surface area contributed by atoms with Crippen LogP contribution in [-0.4, -0.2) is 20.8 Å². The van der Waals surface area contributed by atoms with Crippen molar-refractivity contribution >= 4 is 34.2 Å². The summed E-state index contributed by atoms with van der Waals surface area (Å²) in [5.74, 6) is 0. The molecule has 0 spiro atoms. The lowest BCUT2D eigenvalue weighted by Crippen LogP contribution is -2.18. The number of halogens is 2. The van der Waals surface area contributed by atoms with E-state index in [-0.39, 0.29) is 6.04 Å². The van der Waals surface area contributed by atoms with Crippen LogP contribution in [0.15, 0.2) is 42.5 Å². The van der Waals surface area contributed by atoms with Gasteiger partial charge in [0.05, 0.1) is 12.6 Å². The van der Waals surface area contributed by atoms with E-state index in [1.807, 2.05) is 19.2 Å². The fourth-order valence-corrected chi connectivity index (χ4v) is 3.16. The Bertz CT molecular complexity index is 586. The quantitative estimate of drug-likeness (QED) is 0.704. The highest BCUT2D eigenvalue weighted by molar-refractivity contribution is 14.1. The van der Waals surface area contributed by atoms with Gasteiger partial charge in [-0.3, -0.25) is 0 Å². The maximum absolute atomic E-state index is 6.14. The molecule has 2 rings (SSSR count). The molecule has 0 heterocycles. The van der Waals surface area contributed by atoms with Crippen LogP contribution in [0.3, 0.4) is 0 Å². The third kappa shape index (κ3) is 4.42. The van der Waals surface area contributed by atoms with E-state index in [0.29, 0.717) is 0 Å². The second-order valence-corrected chi connectivity index (χ2v) is 6.47. The Kier molecular flexibility index (Phi) is 6.48. The zero-order chi connectivity index (χ0) is 15.2. The van der Waals surface area contributed by atoms with Crippen molar-refractivity contribution in [2.75, 3.05) is 20.8 Å². The molecule has 2 aromatic carbocycles. The first-order chi connectivity index (χ1) is 10.2. The molecule has 1 atom stereocenters. The van der Waals surface area contributed by atoms with Gasteiger partial charge in [-0.25, -0.2) is 0 Å².